The lowest BCUT2D eigenvalue weighted by Crippen LogP contribution is -2.46. The van der Waals surface area contributed by atoms with Crippen LogP contribution in [0.1, 0.15) is 52.5 Å². The average Bonchev–Trinajstić information content (AvgIpc) is 3.32. The summed E-state index contributed by atoms with van der Waals surface area (Å²) in [6.07, 6.45) is 0.982. The minimum absolute atomic E-state index is 0.0318. The molecule has 0 spiro atoms. The van der Waals surface area contributed by atoms with Crippen molar-refractivity contribution in [3.63, 3.8) is 0 Å². The number of hydrogen-bond acceptors (Lipinski definition) is 5. The van der Waals surface area contributed by atoms with Gasteiger partial charge < -0.3 is 14.8 Å². The highest BCUT2D eigenvalue weighted by Gasteiger charge is 2.50. The van der Waals surface area contributed by atoms with Crippen LogP contribution in [0.3, 0.4) is 0 Å². The van der Waals surface area contributed by atoms with Crippen LogP contribution >= 0.6 is 0 Å². The Balaban J connectivity index is 2.02. The van der Waals surface area contributed by atoms with Gasteiger partial charge in [-0.05, 0) is 52.5 Å². The van der Waals surface area contributed by atoms with Crippen molar-refractivity contribution in [1.82, 2.24) is 5.32 Å². The normalized spacial score (nSPS) is 16.3. The van der Waals surface area contributed by atoms with Gasteiger partial charge in [0.1, 0.15) is 24.0 Å². The second kappa shape index (κ2) is 7.89. The summed E-state index contributed by atoms with van der Waals surface area (Å²) in [4.78, 5) is 36.5. The van der Waals surface area contributed by atoms with Gasteiger partial charge in [0.25, 0.3) is 0 Å². The number of Topliss-reactive ketones (excluding diaryl/α,β-unsaturated/α-hetero) is 1. The molecule has 1 aliphatic rings. The summed E-state index contributed by atoms with van der Waals surface area (Å²) < 4.78 is 10.6. The molecule has 6 heteroatoms. The molecule has 1 atom stereocenters. The topological polar surface area (TPSA) is 81.7 Å². The van der Waals surface area contributed by atoms with E-state index in [1.54, 1.807) is 20.8 Å². The van der Waals surface area contributed by atoms with Crippen molar-refractivity contribution in [3.8, 4) is 0 Å². The first-order valence-electron chi connectivity index (χ1n) is 8.82. The molecule has 1 aliphatic carbocycles. The predicted octanol–water partition coefficient (Wildman–Crippen LogP) is 3.38. The number of benzene rings is 1. The smallest absolute Gasteiger partial charge is 0.408 e. The van der Waals surface area contributed by atoms with Crippen molar-refractivity contribution < 1.29 is 23.9 Å². The van der Waals surface area contributed by atoms with Gasteiger partial charge in [-0.25, -0.2) is 9.59 Å². The first kappa shape index (κ1) is 19.9. The fraction of sp³-hybridized carbons (Fsp3) is 0.550. The number of carbonyl (C=O) groups excluding carboxylic acids is 3. The van der Waals surface area contributed by atoms with Crippen LogP contribution in [-0.2, 0) is 25.7 Å². The number of ketones is 1. The number of amides is 1. The van der Waals surface area contributed by atoms with Crippen LogP contribution in [0.5, 0.6) is 0 Å². The fourth-order valence-electron chi connectivity index (χ4n) is 2.71. The zero-order valence-corrected chi connectivity index (χ0v) is 15.8. The van der Waals surface area contributed by atoms with Gasteiger partial charge in [0.05, 0.1) is 0 Å². The van der Waals surface area contributed by atoms with E-state index >= 15 is 0 Å². The maximum absolute atomic E-state index is 12.5. The monoisotopic (exact) mass is 361 g/mol. The molecule has 1 aromatic rings. The van der Waals surface area contributed by atoms with E-state index in [0.29, 0.717) is 0 Å². The van der Waals surface area contributed by atoms with Crippen LogP contribution in [0.15, 0.2) is 30.3 Å². The van der Waals surface area contributed by atoms with Crippen LogP contribution in [0.2, 0.25) is 0 Å². The summed E-state index contributed by atoms with van der Waals surface area (Å²) >= 11 is 0. The zero-order chi connectivity index (χ0) is 19.4. The standard InChI is InChI=1S/C20H27NO5/c1-14(22)20(10-11-20)12-16(21-18(24)26-19(2,3)4)17(23)25-13-15-8-6-5-7-9-15/h5-9,16H,10-13H2,1-4H3,(H,21,24). The van der Waals surface area contributed by atoms with E-state index < -0.39 is 29.1 Å². The van der Waals surface area contributed by atoms with Crippen molar-refractivity contribution in [2.75, 3.05) is 0 Å². The maximum Gasteiger partial charge on any atom is 0.408 e. The van der Waals surface area contributed by atoms with Crippen LogP contribution < -0.4 is 5.32 Å². The molecule has 0 heterocycles. The molecule has 1 saturated carbocycles. The molecule has 6 nitrogen and oxygen atoms in total. The lowest BCUT2D eigenvalue weighted by Gasteiger charge is -2.24. The zero-order valence-electron chi connectivity index (χ0n) is 15.8. The Hall–Kier alpha value is -2.37. The molecule has 1 amide bonds. The van der Waals surface area contributed by atoms with Gasteiger partial charge in [0.2, 0.25) is 0 Å². The van der Waals surface area contributed by atoms with Gasteiger partial charge in [0, 0.05) is 5.41 Å². The van der Waals surface area contributed by atoms with Gasteiger partial charge in [-0.2, -0.15) is 0 Å². The largest absolute Gasteiger partial charge is 0.459 e. The Labute approximate surface area is 154 Å². The Morgan fingerprint density at radius 1 is 1.15 bits per heavy atom. The van der Waals surface area contributed by atoms with Crippen molar-refractivity contribution in [1.29, 1.82) is 0 Å². The number of esters is 1. The summed E-state index contributed by atoms with van der Waals surface area (Å²) in [7, 11) is 0. The van der Waals surface area contributed by atoms with Crippen molar-refractivity contribution in [3.05, 3.63) is 35.9 Å². The molecular formula is C20H27NO5. The number of carbonyl (C=O) groups is 3. The molecule has 0 bridgehead atoms. The van der Waals surface area contributed by atoms with E-state index in [1.165, 1.54) is 6.92 Å². The lowest BCUT2D eigenvalue weighted by molar-refractivity contribution is -0.148. The number of alkyl carbamates (subject to hydrolysis) is 1. The Morgan fingerprint density at radius 3 is 2.27 bits per heavy atom. The van der Waals surface area contributed by atoms with Gasteiger partial charge in [-0.15, -0.1) is 0 Å². The summed E-state index contributed by atoms with van der Waals surface area (Å²) in [6.45, 7) is 6.86. The highest BCUT2D eigenvalue weighted by Crippen LogP contribution is 2.50. The minimum atomic E-state index is -0.917. The fourth-order valence-corrected chi connectivity index (χ4v) is 2.71. The first-order valence-corrected chi connectivity index (χ1v) is 8.82. The number of ether oxygens (including phenoxy) is 2. The Bertz CT molecular complexity index is 659. The number of nitrogens with one attached hydrogen (secondary N) is 1. The van der Waals surface area contributed by atoms with E-state index in [9.17, 15) is 14.4 Å². The number of hydrogen-bond donors (Lipinski definition) is 1. The molecule has 0 aliphatic heterocycles. The van der Waals surface area contributed by atoms with Crippen molar-refractivity contribution in [2.45, 2.75) is 65.2 Å². The molecule has 142 valence electrons. The Kier molecular flexibility index (Phi) is 6.05. The second-order valence-corrected chi connectivity index (χ2v) is 7.83. The minimum Gasteiger partial charge on any atom is -0.459 e. The molecule has 1 unspecified atom stereocenters. The SMILES string of the molecule is CC(=O)C1(CC(NC(=O)OC(C)(C)C)C(=O)OCc2ccccc2)CC1. The van der Waals surface area contributed by atoms with E-state index in [-0.39, 0.29) is 18.8 Å². The van der Waals surface area contributed by atoms with Gasteiger partial charge in [-0.3, -0.25) is 4.79 Å². The van der Waals surface area contributed by atoms with E-state index in [1.807, 2.05) is 30.3 Å². The lowest BCUT2D eigenvalue weighted by atomic mass is 9.93. The van der Waals surface area contributed by atoms with Crippen molar-refractivity contribution >= 4 is 17.8 Å². The predicted molar refractivity (Wildman–Crippen MR) is 96.4 cm³/mol. The van der Waals surface area contributed by atoms with E-state index in [4.69, 9.17) is 9.47 Å². The molecule has 1 fully saturated rings. The third-order valence-electron chi connectivity index (χ3n) is 4.39. The second-order valence-electron chi connectivity index (χ2n) is 7.83. The molecule has 2 rings (SSSR count). The third-order valence-corrected chi connectivity index (χ3v) is 4.39. The highest BCUT2D eigenvalue weighted by atomic mass is 16.6. The summed E-state index contributed by atoms with van der Waals surface area (Å²) in [5, 5.41) is 2.57. The summed E-state index contributed by atoms with van der Waals surface area (Å²) in [6, 6.07) is 8.37. The quantitative estimate of drug-likeness (QED) is 0.753. The third kappa shape index (κ3) is 5.86. The molecule has 0 radical (unpaired) electrons. The van der Waals surface area contributed by atoms with Crippen LogP contribution in [0.25, 0.3) is 0 Å². The maximum atomic E-state index is 12.5. The van der Waals surface area contributed by atoms with Crippen LogP contribution in [0, 0.1) is 5.41 Å². The average molecular weight is 361 g/mol. The Morgan fingerprint density at radius 2 is 1.77 bits per heavy atom. The molecular weight excluding hydrogens is 334 g/mol. The van der Waals surface area contributed by atoms with E-state index in [0.717, 1.165) is 18.4 Å². The van der Waals surface area contributed by atoms with Gasteiger partial charge in [0.15, 0.2) is 0 Å². The molecule has 0 saturated heterocycles. The highest BCUT2D eigenvalue weighted by molar-refractivity contribution is 5.87. The van der Waals surface area contributed by atoms with E-state index in [2.05, 4.69) is 5.32 Å². The molecule has 1 aromatic carbocycles. The van der Waals surface area contributed by atoms with Crippen LogP contribution in [-0.4, -0.2) is 29.5 Å². The van der Waals surface area contributed by atoms with Gasteiger partial charge in [-0.1, -0.05) is 30.3 Å². The summed E-state index contributed by atoms with van der Waals surface area (Å²) in [5.74, 6) is -0.531. The van der Waals surface area contributed by atoms with Crippen LogP contribution in [0.4, 0.5) is 4.79 Å². The molecule has 26 heavy (non-hydrogen) atoms. The molecule has 0 aromatic heterocycles. The first-order chi connectivity index (χ1) is 12.1. The van der Waals surface area contributed by atoms with Crippen molar-refractivity contribution in [2.24, 2.45) is 5.41 Å². The van der Waals surface area contributed by atoms with Gasteiger partial charge >= 0.3 is 12.1 Å². The number of rotatable bonds is 7. The molecule has 1 N–H and O–H groups in total. The summed E-state index contributed by atoms with van der Waals surface area (Å²) in [5.41, 5.74) is -0.365.